The van der Waals surface area contributed by atoms with Gasteiger partial charge in [0.05, 0.1) is 32.8 Å². The molecular weight excluding hydrogens is 1100 g/mol. The van der Waals surface area contributed by atoms with Gasteiger partial charge >= 0.3 is 0 Å². The molecule has 15 nitrogen and oxygen atoms in total. The largest absolute Gasteiger partial charge is 0.502 e. The van der Waals surface area contributed by atoms with Crippen LogP contribution in [0.3, 0.4) is 0 Å². The molecule has 8 rings (SSSR count). The lowest BCUT2D eigenvalue weighted by atomic mass is 9.81. The van der Waals surface area contributed by atoms with Crippen LogP contribution in [0.1, 0.15) is 242 Å². The van der Waals surface area contributed by atoms with E-state index in [1.165, 1.54) is 28.3 Å². The number of benzene rings is 1. The van der Waals surface area contributed by atoms with Crippen molar-refractivity contribution in [1.82, 2.24) is 45.4 Å². The lowest BCUT2D eigenvalue weighted by Gasteiger charge is -2.39. The first-order valence-corrected chi connectivity index (χ1v) is 32.3. The predicted octanol–water partition coefficient (Wildman–Crippen LogP) is 16.3. The lowest BCUT2D eigenvalue weighted by Crippen LogP contribution is -2.50. The van der Waals surface area contributed by atoms with Crippen molar-refractivity contribution in [3.63, 3.8) is 0 Å². The van der Waals surface area contributed by atoms with Crippen LogP contribution in [-0.4, -0.2) is 83.2 Å². The number of aromatic nitrogens is 6. The van der Waals surface area contributed by atoms with E-state index >= 15 is 0 Å². The third-order valence-electron chi connectivity index (χ3n) is 14.1. The van der Waals surface area contributed by atoms with Gasteiger partial charge in [-0.05, 0) is 134 Å². The zero-order valence-electron chi connectivity index (χ0n) is 58.9. The third kappa shape index (κ3) is 32.4. The number of hydrogen-bond acceptors (Lipinski definition) is 13. The monoisotopic (exact) mass is 1220 g/mol. The molecular formula is C71H118N10O5S. The first-order valence-electron chi connectivity index (χ1n) is 31.5. The molecule has 4 aromatic heterocycles. The summed E-state index contributed by atoms with van der Waals surface area (Å²) in [5, 5.41) is 16.9. The zero-order valence-corrected chi connectivity index (χ0v) is 59.7. The van der Waals surface area contributed by atoms with Gasteiger partial charge in [-0.2, -0.15) is 0 Å². The molecule has 16 heteroatoms. The van der Waals surface area contributed by atoms with Crippen molar-refractivity contribution >= 4 is 33.2 Å². The lowest BCUT2D eigenvalue weighted by molar-refractivity contribution is -0.127. The molecule has 0 aliphatic carbocycles. The van der Waals surface area contributed by atoms with Crippen molar-refractivity contribution in [1.29, 1.82) is 0 Å². The number of carbonyl (C=O) groups is 1. The molecule has 0 radical (unpaired) electrons. The number of para-hydroxylation sites is 1. The minimum absolute atomic E-state index is 0.0302. The molecule has 87 heavy (non-hydrogen) atoms. The average Bonchev–Trinajstić information content (AvgIpc) is 2.27. The smallest absolute Gasteiger partial charge is 0.293 e. The van der Waals surface area contributed by atoms with E-state index in [4.69, 9.17) is 4.42 Å². The maximum atomic E-state index is 11.4. The number of thiazole rings is 1. The molecule has 2 fully saturated rings. The number of aliphatic imine (C=N–C) groups is 1. The topological polar surface area (TPSA) is 207 Å². The van der Waals surface area contributed by atoms with E-state index in [1.54, 1.807) is 20.0 Å². The number of aryl methyl sites for hydroxylation is 5. The standard InChI is InChI=1S/C13H17NS.C10H16N2O.C10H17NO.C10H19NO.C10H17N.C9H14N2O2.C9H18N2/c1-13(2,3)9-8-12-14-10-6-4-5-7-11(10)15-12;1-6-8(10(3,4)5)11-7(2)12-9(6)13;1-8-7-11-9(12-8)5-6-10(2,3)4;1-10(2,3)7-8-5-4-6-11-9(8)12;1-10(2,3)7-6-9-5-4-8-11-9;1-5-10-7(9(2,3)4)6(12)8(13)11-5;1-8-7-11(6-5-10-8)9(2,3)4/h4-7H,8-9H2,1-3H3;1-5H3,(H,11,12,13);7H,5-6H2,1-4H3;8H,4-7H2,1-3H3,(H,11,12);4,8H,5-7H2,1-3H3;12H,1-4H3,(H,10,11,13);10H,1,5-7H2,2-4H3. The zero-order chi connectivity index (χ0) is 66.5. The van der Waals surface area contributed by atoms with Gasteiger partial charge in [-0.15, -0.1) is 11.3 Å². The summed E-state index contributed by atoms with van der Waals surface area (Å²) in [6, 6.07) is 8.36. The molecule has 1 aromatic carbocycles. The average molecular weight is 1220 g/mol. The van der Waals surface area contributed by atoms with Gasteiger partial charge < -0.3 is 30.1 Å². The van der Waals surface area contributed by atoms with E-state index in [0.717, 1.165) is 112 Å². The molecule has 488 valence electrons. The Labute approximate surface area is 529 Å². The van der Waals surface area contributed by atoms with Crippen LogP contribution >= 0.6 is 11.3 Å². The van der Waals surface area contributed by atoms with Gasteiger partial charge in [0.25, 0.3) is 11.1 Å². The van der Waals surface area contributed by atoms with Crippen LogP contribution < -0.4 is 21.8 Å². The molecule has 1 atom stereocenters. The van der Waals surface area contributed by atoms with Crippen LogP contribution in [0.5, 0.6) is 5.75 Å². The van der Waals surface area contributed by atoms with Crippen LogP contribution in [0.2, 0.25) is 0 Å². The highest BCUT2D eigenvalue weighted by Crippen LogP contribution is 2.30. The van der Waals surface area contributed by atoms with Gasteiger partial charge in [0, 0.05) is 84.5 Å². The van der Waals surface area contributed by atoms with Gasteiger partial charge in [0.15, 0.2) is 5.89 Å². The second kappa shape index (κ2) is 33.7. The number of fused-ring (bicyclic) bond motifs is 1. The second-order valence-corrected chi connectivity index (χ2v) is 32.5. The van der Waals surface area contributed by atoms with E-state index in [0.29, 0.717) is 33.6 Å². The molecule has 3 aliphatic rings. The Kier molecular flexibility index (Phi) is 30.0. The molecule has 0 bridgehead atoms. The highest BCUT2D eigenvalue weighted by Gasteiger charge is 2.28. The highest BCUT2D eigenvalue weighted by molar-refractivity contribution is 7.18. The van der Waals surface area contributed by atoms with Crippen molar-refractivity contribution in [2.24, 2.45) is 32.6 Å². The van der Waals surface area contributed by atoms with E-state index in [-0.39, 0.29) is 44.9 Å². The summed E-state index contributed by atoms with van der Waals surface area (Å²) in [7, 11) is 0. The van der Waals surface area contributed by atoms with Gasteiger partial charge in [-0.1, -0.05) is 149 Å². The summed E-state index contributed by atoms with van der Waals surface area (Å²) in [4.78, 5) is 63.0. The normalized spacial score (nSPS) is 15.6. The number of rotatable bonds is 7. The van der Waals surface area contributed by atoms with Crippen molar-refractivity contribution in [3.05, 3.63) is 121 Å². The fourth-order valence-electron chi connectivity index (χ4n) is 9.15. The van der Waals surface area contributed by atoms with E-state index in [9.17, 15) is 19.5 Å². The maximum Gasteiger partial charge on any atom is 0.293 e. The Morgan fingerprint density at radius 2 is 1.23 bits per heavy atom. The number of carbonyl (C=O) groups excluding carboxylic acids is 1. The number of oxazole rings is 1. The number of allylic oxidation sites excluding steroid dienone is 1. The Morgan fingerprint density at radius 1 is 0.678 bits per heavy atom. The molecule has 3 aliphatic heterocycles. The fraction of sp³-hybridized carbons (Fsp3) is 0.662. The summed E-state index contributed by atoms with van der Waals surface area (Å²) in [5.74, 6) is 3.21. The Bertz CT molecular complexity index is 2980. The number of nitrogens with zero attached hydrogens (tertiary/aromatic N) is 6. The summed E-state index contributed by atoms with van der Waals surface area (Å²) < 4.78 is 6.67. The van der Waals surface area contributed by atoms with Crippen LogP contribution in [0, 0.1) is 55.3 Å². The Balaban J connectivity index is 0.000000347. The second-order valence-electron chi connectivity index (χ2n) is 31.4. The molecule has 5 aromatic rings. The molecule has 0 saturated carbocycles. The number of piperazine rings is 1. The number of nitrogens with one attached hydrogen (secondary N) is 4. The van der Waals surface area contributed by atoms with Crippen LogP contribution in [0.25, 0.3) is 10.2 Å². The fourth-order valence-corrected chi connectivity index (χ4v) is 10.1. The Hall–Kier alpha value is -5.74. The van der Waals surface area contributed by atoms with Crippen molar-refractivity contribution < 1.29 is 14.3 Å². The molecule has 1 amide bonds. The van der Waals surface area contributed by atoms with Crippen molar-refractivity contribution in [2.75, 3.05) is 26.2 Å². The number of piperidine rings is 1. The van der Waals surface area contributed by atoms with Gasteiger partial charge in [0.1, 0.15) is 17.4 Å². The number of aromatic hydroxyl groups is 1. The number of amides is 1. The summed E-state index contributed by atoms with van der Waals surface area (Å²) in [6.07, 6.45) is 16.9. The SMILES string of the molecule is C=C1CN(C(C)(C)C)CCN1.CC(C)(C)CC1CCCNC1=O.CC(C)(C)CCC1=NC=CC1.CC(C)(C)CCc1nc2ccccc2s1.Cc1cnc(CCC(C)(C)C)o1.Cc1nc(C(C)(C)C)c(C)c(=O)[nH]1.Cc1nc(C(C)(C)C)c(O)c(=O)[nH]1. The molecule has 0 spiro atoms. The summed E-state index contributed by atoms with van der Waals surface area (Å²) in [6.45, 7) is 60.7. The minimum Gasteiger partial charge on any atom is -0.502 e. The summed E-state index contributed by atoms with van der Waals surface area (Å²) in [5.41, 5.74) is 6.56. The van der Waals surface area contributed by atoms with E-state index in [2.05, 4.69) is 212 Å². The van der Waals surface area contributed by atoms with Gasteiger partial charge in [-0.25, -0.2) is 19.9 Å². The third-order valence-corrected chi connectivity index (χ3v) is 15.2. The number of hydrogen-bond donors (Lipinski definition) is 5. The number of H-pyrrole nitrogens is 2. The molecule has 5 N–H and O–H groups in total. The molecule has 2 saturated heterocycles. The first kappa shape index (κ1) is 77.4. The van der Waals surface area contributed by atoms with E-state index in [1.807, 2.05) is 52.2 Å². The quantitative estimate of drug-likeness (QED) is 0.104. The molecule has 1 unspecified atom stereocenters. The van der Waals surface area contributed by atoms with Gasteiger partial charge in [0.2, 0.25) is 11.7 Å². The van der Waals surface area contributed by atoms with Crippen LogP contribution in [0.15, 0.2) is 74.0 Å². The predicted molar refractivity (Wildman–Crippen MR) is 368 cm³/mol. The van der Waals surface area contributed by atoms with Crippen LogP contribution in [-0.2, 0) is 28.5 Å². The molecule has 7 heterocycles. The Morgan fingerprint density at radius 3 is 1.70 bits per heavy atom. The van der Waals surface area contributed by atoms with Gasteiger partial charge in [-0.3, -0.25) is 24.3 Å². The van der Waals surface area contributed by atoms with Crippen LogP contribution in [0.4, 0.5) is 0 Å². The van der Waals surface area contributed by atoms with Crippen molar-refractivity contribution in [2.45, 2.75) is 254 Å². The van der Waals surface area contributed by atoms with Crippen molar-refractivity contribution in [3.8, 4) is 5.75 Å². The van der Waals surface area contributed by atoms with E-state index < -0.39 is 5.56 Å². The maximum absolute atomic E-state index is 11.4. The first-order chi connectivity index (χ1) is 39.7. The number of aromatic amines is 2. The summed E-state index contributed by atoms with van der Waals surface area (Å²) >= 11 is 1.83. The minimum atomic E-state index is -0.475. The highest BCUT2D eigenvalue weighted by atomic mass is 32.1.